The van der Waals surface area contributed by atoms with Crippen LogP contribution in [0.5, 0.6) is 0 Å². The Labute approximate surface area is 403 Å². The van der Waals surface area contributed by atoms with Gasteiger partial charge in [-0.05, 0) is 64.2 Å². The van der Waals surface area contributed by atoms with Gasteiger partial charge < -0.3 is 64.2 Å². The molecular formula is C52H94O15. The van der Waals surface area contributed by atoms with Crippen molar-refractivity contribution >= 4 is 11.9 Å². The van der Waals surface area contributed by atoms with Crippen molar-refractivity contribution in [1.82, 2.24) is 0 Å². The molecule has 0 aromatic heterocycles. The van der Waals surface area contributed by atoms with Crippen LogP contribution >= 0.6 is 0 Å². The van der Waals surface area contributed by atoms with E-state index in [1.165, 1.54) is 96.3 Å². The van der Waals surface area contributed by atoms with Crippen LogP contribution in [-0.2, 0) is 38.0 Å². The van der Waals surface area contributed by atoms with Gasteiger partial charge in [0.15, 0.2) is 18.7 Å². The Morgan fingerprint density at radius 2 is 0.851 bits per heavy atom. The topological polar surface area (TPSA) is 231 Å². The first-order valence-corrected chi connectivity index (χ1v) is 26.4. The van der Waals surface area contributed by atoms with Gasteiger partial charge in [-0.1, -0.05) is 147 Å². The number of aliphatic hydroxyl groups is 7. The Bertz CT molecular complexity index is 1270. The summed E-state index contributed by atoms with van der Waals surface area (Å²) in [5.74, 6) is -0.932. The van der Waals surface area contributed by atoms with Crippen LogP contribution in [0.2, 0.25) is 0 Å². The van der Waals surface area contributed by atoms with Crippen LogP contribution in [0.25, 0.3) is 0 Å². The predicted molar refractivity (Wildman–Crippen MR) is 257 cm³/mol. The molecule has 0 bridgehead atoms. The molecule has 0 saturated carbocycles. The SMILES string of the molecule is CCCCCC/C=C/CCCCCCCCCCCC(=O)O[C@H](COC(=O)CCCCCCC/C=C/CCCCCCC)CO[C@H]1O[C@@H](CO[C@H]2O[C@@H](CO)[C@@H](O)C(O)C2O)[C@@H](O)C(O)C1O. The molecular weight excluding hydrogens is 865 g/mol. The third-order valence-electron chi connectivity index (χ3n) is 12.7. The lowest BCUT2D eigenvalue weighted by Crippen LogP contribution is -2.61. The average molecular weight is 959 g/mol. The third-order valence-corrected chi connectivity index (χ3v) is 12.7. The molecule has 2 saturated heterocycles. The van der Waals surface area contributed by atoms with Gasteiger partial charge in [-0.2, -0.15) is 0 Å². The highest BCUT2D eigenvalue weighted by Gasteiger charge is 2.47. The first kappa shape index (κ1) is 61.1. The van der Waals surface area contributed by atoms with Crippen molar-refractivity contribution in [2.24, 2.45) is 0 Å². The highest BCUT2D eigenvalue weighted by atomic mass is 16.7. The average Bonchev–Trinajstić information content (AvgIpc) is 3.32. The summed E-state index contributed by atoms with van der Waals surface area (Å²) in [6, 6.07) is 0. The van der Waals surface area contributed by atoms with Crippen LogP contribution < -0.4 is 0 Å². The number of unbranched alkanes of at least 4 members (excludes halogenated alkanes) is 23. The second-order valence-electron chi connectivity index (χ2n) is 18.7. The highest BCUT2D eigenvalue weighted by Crippen LogP contribution is 2.26. The molecule has 15 nitrogen and oxygen atoms in total. The van der Waals surface area contributed by atoms with E-state index >= 15 is 0 Å². The lowest BCUT2D eigenvalue weighted by atomic mass is 9.98. The molecule has 2 aliphatic rings. The van der Waals surface area contributed by atoms with Crippen LogP contribution in [0.15, 0.2) is 24.3 Å². The van der Waals surface area contributed by atoms with Crippen molar-refractivity contribution in [3.8, 4) is 0 Å². The molecule has 0 aromatic rings. The Balaban J connectivity index is 1.80. The minimum atomic E-state index is -1.76. The molecule has 2 rings (SSSR count). The number of aliphatic hydroxyl groups excluding tert-OH is 7. The van der Waals surface area contributed by atoms with Crippen molar-refractivity contribution in [1.29, 1.82) is 0 Å². The van der Waals surface area contributed by atoms with Gasteiger partial charge in [-0.25, -0.2) is 0 Å². The molecule has 2 aliphatic heterocycles. The summed E-state index contributed by atoms with van der Waals surface area (Å²) in [6.45, 7) is 2.57. The van der Waals surface area contributed by atoms with Crippen LogP contribution in [0.1, 0.15) is 200 Å². The van der Waals surface area contributed by atoms with Crippen LogP contribution in [0.4, 0.5) is 0 Å². The molecule has 4 unspecified atom stereocenters. The van der Waals surface area contributed by atoms with Crippen LogP contribution in [0.3, 0.4) is 0 Å². The maximum atomic E-state index is 13.0. The standard InChI is InChI=1S/C52H94O15/c1-3-5-7-9-11-13-15-17-19-20-21-23-25-27-29-31-33-35-44(55)65-40(37-62-43(54)34-32-30-28-26-24-22-18-16-14-12-10-8-6-4-2)38-63-51-50(61)48(59)46(57)42(67-51)39-64-52-49(60)47(58)45(56)41(36-53)66-52/h13,15-16,18,40-42,45-53,56-61H,3-12,14,17,19-39H2,1-2H3/b15-13+,18-16+/t40-,41+,42+,45-,46-,47?,48?,49?,50?,51+,52+/m1/s1. The molecule has 0 aromatic carbocycles. The lowest BCUT2D eigenvalue weighted by Gasteiger charge is -2.42. The Morgan fingerprint density at radius 1 is 0.463 bits per heavy atom. The van der Waals surface area contributed by atoms with Crippen LogP contribution in [-0.4, -0.2) is 142 Å². The van der Waals surface area contributed by atoms with Crippen molar-refractivity contribution in [3.05, 3.63) is 24.3 Å². The summed E-state index contributed by atoms with van der Waals surface area (Å²) in [6.07, 6.45) is 23.4. The normalized spacial score (nSPS) is 26.1. The van der Waals surface area contributed by atoms with E-state index in [4.69, 9.17) is 28.4 Å². The molecule has 0 aliphatic carbocycles. The highest BCUT2D eigenvalue weighted by molar-refractivity contribution is 5.70. The Hall–Kier alpha value is -2.02. The number of esters is 2. The van der Waals surface area contributed by atoms with E-state index in [0.717, 1.165) is 64.2 Å². The summed E-state index contributed by atoms with van der Waals surface area (Å²) in [7, 11) is 0. The van der Waals surface area contributed by atoms with Gasteiger partial charge in [0.25, 0.3) is 0 Å². The largest absolute Gasteiger partial charge is 0.462 e. The fourth-order valence-electron chi connectivity index (χ4n) is 8.26. The van der Waals surface area contributed by atoms with Crippen molar-refractivity contribution < 1.29 is 73.8 Å². The van der Waals surface area contributed by atoms with E-state index in [1.54, 1.807) is 0 Å². The maximum Gasteiger partial charge on any atom is 0.306 e. The third kappa shape index (κ3) is 27.8. The van der Waals surface area contributed by atoms with Gasteiger partial charge in [0.1, 0.15) is 55.4 Å². The zero-order valence-electron chi connectivity index (χ0n) is 41.4. The second kappa shape index (κ2) is 39.7. The van der Waals surface area contributed by atoms with E-state index in [-0.39, 0.29) is 26.1 Å². The number of rotatable bonds is 41. The molecule has 7 N–H and O–H groups in total. The molecule has 0 radical (unpaired) electrons. The molecule has 0 amide bonds. The quantitative estimate of drug-likeness (QED) is 0.0178. The fourth-order valence-corrected chi connectivity index (χ4v) is 8.26. The maximum absolute atomic E-state index is 13.0. The fraction of sp³-hybridized carbons (Fsp3) is 0.885. The number of hydrogen-bond donors (Lipinski definition) is 7. The molecule has 15 heteroatoms. The Morgan fingerprint density at radius 3 is 1.33 bits per heavy atom. The lowest BCUT2D eigenvalue weighted by molar-refractivity contribution is -0.332. The first-order valence-electron chi connectivity index (χ1n) is 26.4. The predicted octanol–water partition coefficient (Wildman–Crippen LogP) is 7.55. The number of allylic oxidation sites excluding steroid dienone is 4. The first-order chi connectivity index (χ1) is 32.5. The van der Waals surface area contributed by atoms with Gasteiger partial charge in [0.05, 0.1) is 19.8 Å². The minimum Gasteiger partial charge on any atom is -0.462 e. The summed E-state index contributed by atoms with van der Waals surface area (Å²) in [5, 5.41) is 72.1. The van der Waals surface area contributed by atoms with Gasteiger partial charge in [0.2, 0.25) is 0 Å². The molecule has 67 heavy (non-hydrogen) atoms. The number of hydrogen-bond acceptors (Lipinski definition) is 15. The summed E-state index contributed by atoms with van der Waals surface area (Å²) >= 11 is 0. The minimum absolute atomic E-state index is 0.163. The van der Waals surface area contributed by atoms with Crippen molar-refractivity contribution in [3.63, 3.8) is 0 Å². The van der Waals surface area contributed by atoms with Gasteiger partial charge in [0, 0.05) is 12.8 Å². The molecule has 11 atom stereocenters. The van der Waals surface area contributed by atoms with E-state index in [2.05, 4.69) is 38.2 Å². The van der Waals surface area contributed by atoms with Crippen molar-refractivity contribution in [2.45, 2.75) is 268 Å². The van der Waals surface area contributed by atoms with Gasteiger partial charge >= 0.3 is 11.9 Å². The zero-order chi connectivity index (χ0) is 48.9. The van der Waals surface area contributed by atoms with Crippen LogP contribution in [0, 0.1) is 0 Å². The monoisotopic (exact) mass is 959 g/mol. The molecule has 2 heterocycles. The van der Waals surface area contributed by atoms with E-state index in [1.807, 2.05) is 0 Å². The number of ether oxygens (including phenoxy) is 6. The van der Waals surface area contributed by atoms with Gasteiger partial charge in [-0.15, -0.1) is 0 Å². The van der Waals surface area contributed by atoms with Gasteiger partial charge in [-0.3, -0.25) is 9.59 Å². The second-order valence-corrected chi connectivity index (χ2v) is 18.7. The number of carbonyl (C=O) groups is 2. The van der Waals surface area contributed by atoms with E-state index < -0.39 is 92.7 Å². The van der Waals surface area contributed by atoms with E-state index in [9.17, 15) is 45.3 Å². The molecule has 0 spiro atoms. The summed E-state index contributed by atoms with van der Waals surface area (Å²) < 4.78 is 33.6. The Kier molecular flexibility index (Phi) is 36.2. The smallest absolute Gasteiger partial charge is 0.306 e. The number of carbonyl (C=O) groups excluding carboxylic acids is 2. The summed E-state index contributed by atoms with van der Waals surface area (Å²) in [5.41, 5.74) is 0. The summed E-state index contributed by atoms with van der Waals surface area (Å²) in [4.78, 5) is 25.8. The van der Waals surface area contributed by atoms with E-state index in [0.29, 0.717) is 12.8 Å². The van der Waals surface area contributed by atoms with Crippen molar-refractivity contribution in [2.75, 3.05) is 26.4 Å². The zero-order valence-corrected chi connectivity index (χ0v) is 41.4. The molecule has 392 valence electrons. The molecule has 2 fully saturated rings.